The Morgan fingerprint density at radius 1 is 1.47 bits per heavy atom. The summed E-state index contributed by atoms with van der Waals surface area (Å²) in [5.74, 6) is 1.24. The number of fused-ring (bicyclic) bond motifs is 1. The van der Waals surface area contributed by atoms with E-state index < -0.39 is 5.60 Å². The maximum atomic E-state index is 9.75. The Hall–Kier alpha value is -1.22. The molecule has 0 amide bonds. The van der Waals surface area contributed by atoms with Crippen molar-refractivity contribution in [2.75, 3.05) is 6.61 Å². The molecule has 2 rings (SSSR count). The van der Waals surface area contributed by atoms with Crippen molar-refractivity contribution in [3.8, 4) is 11.5 Å². The lowest BCUT2D eigenvalue weighted by atomic mass is 9.89. The number of phenolic OH excluding ortho intramolecular Hbond substituents is 1. The molecule has 1 unspecified atom stereocenters. The van der Waals surface area contributed by atoms with Gasteiger partial charge >= 0.3 is 0 Å². The van der Waals surface area contributed by atoms with Gasteiger partial charge in [-0.15, -0.1) is 0 Å². The fourth-order valence-corrected chi connectivity index (χ4v) is 2.04. The molecule has 15 heavy (non-hydrogen) atoms. The van der Waals surface area contributed by atoms with Gasteiger partial charge in [-0.3, -0.25) is 0 Å². The molecule has 0 aromatic heterocycles. The highest BCUT2D eigenvalue weighted by Crippen LogP contribution is 2.39. The summed E-state index contributed by atoms with van der Waals surface area (Å²) < 4.78 is 5.49. The largest absolute Gasteiger partial charge is 0.508 e. The van der Waals surface area contributed by atoms with E-state index >= 15 is 0 Å². The number of aliphatic hydroxyl groups is 1. The summed E-state index contributed by atoms with van der Waals surface area (Å²) in [4.78, 5) is 0. The molecule has 1 atom stereocenters. The second-order valence-electron chi connectivity index (χ2n) is 4.75. The number of hydrogen-bond acceptors (Lipinski definition) is 3. The van der Waals surface area contributed by atoms with Gasteiger partial charge in [0.1, 0.15) is 11.5 Å². The molecule has 2 N–H and O–H groups in total. The first-order valence-corrected chi connectivity index (χ1v) is 5.14. The highest BCUT2D eigenvalue weighted by Gasteiger charge is 2.29. The zero-order chi connectivity index (χ0) is 11.1. The third kappa shape index (κ3) is 2.23. The Morgan fingerprint density at radius 3 is 2.87 bits per heavy atom. The minimum absolute atomic E-state index is 0.173. The van der Waals surface area contributed by atoms with Gasteiger partial charge in [0.05, 0.1) is 12.2 Å². The molecule has 0 bridgehead atoms. The maximum absolute atomic E-state index is 9.75. The average Bonchev–Trinajstić information content (AvgIpc) is 2.46. The van der Waals surface area contributed by atoms with Crippen molar-refractivity contribution in [3.05, 3.63) is 23.8 Å². The lowest BCUT2D eigenvalue weighted by molar-refractivity contribution is 0.0602. The van der Waals surface area contributed by atoms with Crippen LogP contribution in [-0.2, 0) is 0 Å². The number of phenols is 1. The van der Waals surface area contributed by atoms with Gasteiger partial charge in [0.15, 0.2) is 0 Å². The normalized spacial score (nSPS) is 19.8. The Bertz CT molecular complexity index is 366. The van der Waals surface area contributed by atoms with Crippen molar-refractivity contribution in [1.82, 2.24) is 0 Å². The van der Waals surface area contributed by atoms with E-state index in [-0.39, 0.29) is 11.7 Å². The zero-order valence-corrected chi connectivity index (χ0v) is 9.03. The van der Waals surface area contributed by atoms with Crippen LogP contribution >= 0.6 is 0 Å². The molecule has 0 spiro atoms. The van der Waals surface area contributed by atoms with E-state index in [9.17, 15) is 10.2 Å². The summed E-state index contributed by atoms with van der Waals surface area (Å²) in [7, 11) is 0. The molecule has 1 aromatic carbocycles. The number of benzene rings is 1. The molecule has 0 saturated carbocycles. The van der Waals surface area contributed by atoms with Crippen molar-refractivity contribution < 1.29 is 14.9 Å². The summed E-state index contributed by atoms with van der Waals surface area (Å²) in [5, 5.41) is 19.1. The van der Waals surface area contributed by atoms with Gasteiger partial charge in [0.25, 0.3) is 0 Å². The van der Waals surface area contributed by atoms with Crippen LogP contribution in [0.25, 0.3) is 0 Å². The van der Waals surface area contributed by atoms with Crippen LogP contribution in [0.15, 0.2) is 18.2 Å². The highest BCUT2D eigenvalue weighted by atomic mass is 16.5. The summed E-state index contributed by atoms with van der Waals surface area (Å²) in [6, 6.07) is 5.11. The second kappa shape index (κ2) is 3.42. The molecule has 82 valence electrons. The van der Waals surface area contributed by atoms with Crippen LogP contribution in [0.5, 0.6) is 11.5 Å². The lowest BCUT2D eigenvalue weighted by Gasteiger charge is -2.20. The average molecular weight is 208 g/mol. The summed E-state index contributed by atoms with van der Waals surface area (Å²) in [6.07, 6.45) is 0.642. The predicted molar refractivity (Wildman–Crippen MR) is 57.3 cm³/mol. The quantitative estimate of drug-likeness (QED) is 0.781. The van der Waals surface area contributed by atoms with Gasteiger partial charge in [0.2, 0.25) is 0 Å². The van der Waals surface area contributed by atoms with Crippen LogP contribution in [0, 0.1) is 0 Å². The van der Waals surface area contributed by atoms with Crippen LogP contribution in [0.2, 0.25) is 0 Å². The van der Waals surface area contributed by atoms with E-state index in [4.69, 9.17) is 4.74 Å². The molecule has 0 radical (unpaired) electrons. The van der Waals surface area contributed by atoms with Gasteiger partial charge in [-0.05, 0) is 38.5 Å². The van der Waals surface area contributed by atoms with Crippen LogP contribution in [-0.4, -0.2) is 22.4 Å². The van der Waals surface area contributed by atoms with Gasteiger partial charge in [-0.2, -0.15) is 0 Å². The SMILES string of the molecule is CC(C)(O)CC1COc2ccc(O)cc21. The third-order valence-corrected chi connectivity index (χ3v) is 2.62. The van der Waals surface area contributed by atoms with Gasteiger partial charge in [0, 0.05) is 11.5 Å². The predicted octanol–water partition coefficient (Wildman–Crippen LogP) is 2.03. The summed E-state index contributed by atoms with van der Waals surface area (Å²) >= 11 is 0. The first kappa shape index (κ1) is 10.3. The fraction of sp³-hybridized carbons (Fsp3) is 0.500. The number of ether oxygens (including phenoxy) is 1. The Morgan fingerprint density at radius 2 is 2.20 bits per heavy atom. The standard InChI is InChI=1S/C12H16O3/c1-12(2,14)6-8-7-15-11-4-3-9(13)5-10(8)11/h3-5,8,13-14H,6-7H2,1-2H3. The van der Waals surface area contributed by atoms with Crippen LogP contribution < -0.4 is 4.74 Å². The smallest absolute Gasteiger partial charge is 0.123 e. The molecule has 3 heteroatoms. The summed E-state index contributed by atoms with van der Waals surface area (Å²) in [6.45, 7) is 4.16. The van der Waals surface area contributed by atoms with E-state index in [0.29, 0.717) is 13.0 Å². The number of aromatic hydroxyl groups is 1. The minimum atomic E-state index is -0.707. The Kier molecular flexibility index (Phi) is 2.35. The molecule has 0 aliphatic carbocycles. The van der Waals surface area contributed by atoms with Crippen molar-refractivity contribution in [2.45, 2.75) is 31.8 Å². The highest BCUT2D eigenvalue weighted by molar-refractivity contribution is 5.44. The van der Waals surface area contributed by atoms with Gasteiger partial charge < -0.3 is 14.9 Å². The topological polar surface area (TPSA) is 49.7 Å². The first-order chi connectivity index (χ1) is 6.96. The van der Waals surface area contributed by atoms with E-state index in [0.717, 1.165) is 11.3 Å². The van der Waals surface area contributed by atoms with Crippen LogP contribution in [0.4, 0.5) is 0 Å². The second-order valence-corrected chi connectivity index (χ2v) is 4.75. The van der Waals surface area contributed by atoms with Crippen molar-refractivity contribution in [1.29, 1.82) is 0 Å². The Labute approximate surface area is 89.3 Å². The van der Waals surface area contributed by atoms with E-state index in [1.54, 1.807) is 32.0 Å². The van der Waals surface area contributed by atoms with E-state index in [1.807, 2.05) is 0 Å². The Balaban J connectivity index is 2.24. The molecule has 1 aromatic rings. The van der Waals surface area contributed by atoms with E-state index in [1.165, 1.54) is 0 Å². The third-order valence-electron chi connectivity index (χ3n) is 2.62. The van der Waals surface area contributed by atoms with Crippen molar-refractivity contribution in [2.24, 2.45) is 0 Å². The molecule has 0 saturated heterocycles. The minimum Gasteiger partial charge on any atom is -0.508 e. The fourth-order valence-electron chi connectivity index (χ4n) is 2.04. The van der Waals surface area contributed by atoms with Crippen LogP contribution in [0.1, 0.15) is 31.7 Å². The molecule has 1 heterocycles. The monoisotopic (exact) mass is 208 g/mol. The van der Waals surface area contributed by atoms with E-state index in [2.05, 4.69) is 0 Å². The summed E-state index contributed by atoms with van der Waals surface area (Å²) in [5.41, 5.74) is 0.290. The molecule has 1 aliphatic heterocycles. The molecular weight excluding hydrogens is 192 g/mol. The maximum Gasteiger partial charge on any atom is 0.123 e. The van der Waals surface area contributed by atoms with Gasteiger partial charge in [-0.25, -0.2) is 0 Å². The van der Waals surface area contributed by atoms with Gasteiger partial charge in [-0.1, -0.05) is 0 Å². The van der Waals surface area contributed by atoms with Crippen molar-refractivity contribution in [3.63, 3.8) is 0 Å². The molecule has 1 aliphatic rings. The first-order valence-electron chi connectivity index (χ1n) is 5.14. The molecule has 0 fully saturated rings. The lowest BCUT2D eigenvalue weighted by Crippen LogP contribution is -2.22. The molecule has 3 nitrogen and oxygen atoms in total. The number of rotatable bonds is 2. The number of hydrogen-bond donors (Lipinski definition) is 2. The van der Waals surface area contributed by atoms with Crippen LogP contribution in [0.3, 0.4) is 0 Å². The molecular formula is C12H16O3. The van der Waals surface area contributed by atoms with Crippen molar-refractivity contribution >= 4 is 0 Å². The zero-order valence-electron chi connectivity index (χ0n) is 9.03.